The summed E-state index contributed by atoms with van der Waals surface area (Å²) in [5, 5.41) is 3.62. The highest BCUT2D eigenvalue weighted by molar-refractivity contribution is 5.00. The molecule has 4 unspecified atom stereocenters. The van der Waals surface area contributed by atoms with E-state index >= 15 is 0 Å². The third-order valence-electron chi connectivity index (χ3n) is 6.02. The first-order valence-electron chi connectivity index (χ1n) is 8.19. The van der Waals surface area contributed by atoms with Gasteiger partial charge in [-0.1, -0.05) is 0 Å². The summed E-state index contributed by atoms with van der Waals surface area (Å²) in [6.45, 7) is 9.06. The van der Waals surface area contributed by atoms with Crippen LogP contribution in [-0.2, 0) is 0 Å². The third kappa shape index (κ3) is 2.33. The van der Waals surface area contributed by atoms with Gasteiger partial charge in [0.05, 0.1) is 0 Å². The minimum Gasteiger partial charge on any atom is -0.311 e. The lowest BCUT2D eigenvalue weighted by Gasteiger charge is -2.49. The van der Waals surface area contributed by atoms with Gasteiger partial charge in [0.25, 0.3) is 0 Å². The molecule has 0 aromatic heterocycles. The molecule has 0 aromatic carbocycles. The van der Waals surface area contributed by atoms with E-state index in [1.807, 2.05) is 0 Å². The van der Waals surface area contributed by atoms with Crippen LogP contribution in [0, 0.1) is 5.92 Å². The SMILES string of the molecule is CN1CCN(C2CCC2CN2CC3CC2CN3)CC1. The highest BCUT2D eigenvalue weighted by atomic mass is 15.3. The van der Waals surface area contributed by atoms with Crippen LogP contribution in [0.1, 0.15) is 19.3 Å². The van der Waals surface area contributed by atoms with Crippen molar-refractivity contribution in [3.8, 4) is 0 Å². The van der Waals surface area contributed by atoms with Crippen molar-refractivity contribution in [2.24, 2.45) is 5.92 Å². The van der Waals surface area contributed by atoms with Gasteiger partial charge in [-0.3, -0.25) is 9.80 Å². The molecule has 4 aliphatic rings. The summed E-state index contributed by atoms with van der Waals surface area (Å²) in [5.74, 6) is 0.961. The number of fused-ring (bicyclic) bond motifs is 2. The van der Waals surface area contributed by atoms with Crippen molar-refractivity contribution in [3.05, 3.63) is 0 Å². The maximum Gasteiger partial charge on any atom is 0.0236 e. The Morgan fingerprint density at radius 1 is 1.11 bits per heavy atom. The topological polar surface area (TPSA) is 21.8 Å². The molecule has 2 bridgehead atoms. The van der Waals surface area contributed by atoms with Crippen LogP contribution in [-0.4, -0.2) is 85.7 Å². The first-order valence-corrected chi connectivity index (χ1v) is 8.19. The number of likely N-dealkylation sites (tertiary alicyclic amines) is 1. The first kappa shape index (κ1) is 12.6. The van der Waals surface area contributed by atoms with Crippen LogP contribution < -0.4 is 5.32 Å². The lowest BCUT2D eigenvalue weighted by molar-refractivity contribution is 0.00771. The molecule has 1 saturated carbocycles. The highest BCUT2D eigenvalue weighted by Crippen LogP contribution is 2.35. The summed E-state index contributed by atoms with van der Waals surface area (Å²) in [7, 11) is 2.25. The quantitative estimate of drug-likeness (QED) is 0.778. The maximum atomic E-state index is 3.62. The summed E-state index contributed by atoms with van der Waals surface area (Å²) < 4.78 is 0. The van der Waals surface area contributed by atoms with Gasteiger partial charge in [0, 0.05) is 63.9 Å². The maximum absolute atomic E-state index is 3.62. The molecule has 19 heavy (non-hydrogen) atoms. The second-order valence-electron chi connectivity index (χ2n) is 7.19. The molecule has 0 aromatic rings. The number of rotatable bonds is 3. The monoisotopic (exact) mass is 264 g/mol. The normalized spacial score (nSPS) is 44.7. The molecule has 108 valence electrons. The number of nitrogens with zero attached hydrogens (tertiary/aromatic N) is 3. The van der Waals surface area contributed by atoms with E-state index in [4.69, 9.17) is 0 Å². The Morgan fingerprint density at radius 3 is 2.53 bits per heavy atom. The van der Waals surface area contributed by atoms with Gasteiger partial charge in [0.1, 0.15) is 0 Å². The Hall–Kier alpha value is -0.160. The number of likely N-dealkylation sites (N-methyl/N-ethyl adjacent to an activating group) is 1. The zero-order valence-corrected chi connectivity index (χ0v) is 12.2. The lowest BCUT2D eigenvalue weighted by atomic mass is 9.77. The van der Waals surface area contributed by atoms with Gasteiger partial charge in [-0.2, -0.15) is 0 Å². The average molecular weight is 264 g/mol. The molecule has 0 radical (unpaired) electrons. The average Bonchev–Trinajstić information content (AvgIpc) is 2.99. The van der Waals surface area contributed by atoms with E-state index in [0.717, 1.165) is 24.0 Å². The van der Waals surface area contributed by atoms with Crippen molar-refractivity contribution >= 4 is 0 Å². The molecule has 4 nitrogen and oxygen atoms in total. The summed E-state index contributed by atoms with van der Waals surface area (Å²) >= 11 is 0. The number of nitrogens with one attached hydrogen (secondary N) is 1. The van der Waals surface area contributed by atoms with Crippen molar-refractivity contribution < 1.29 is 0 Å². The van der Waals surface area contributed by atoms with Crippen LogP contribution in [0.25, 0.3) is 0 Å². The van der Waals surface area contributed by atoms with Crippen molar-refractivity contribution in [2.75, 3.05) is 52.9 Å². The Kier molecular flexibility index (Phi) is 3.30. The van der Waals surface area contributed by atoms with Gasteiger partial charge in [-0.05, 0) is 32.2 Å². The van der Waals surface area contributed by atoms with E-state index in [1.54, 1.807) is 0 Å². The summed E-state index contributed by atoms with van der Waals surface area (Å²) in [5.41, 5.74) is 0. The number of hydrogen-bond acceptors (Lipinski definition) is 4. The van der Waals surface area contributed by atoms with E-state index in [2.05, 4.69) is 27.1 Å². The molecule has 3 saturated heterocycles. The largest absolute Gasteiger partial charge is 0.311 e. The third-order valence-corrected chi connectivity index (χ3v) is 6.02. The Labute approximate surface area is 117 Å². The van der Waals surface area contributed by atoms with Gasteiger partial charge >= 0.3 is 0 Å². The van der Waals surface area contributed by atoms with Crippen LogP contribution in [0.2, 0.25) is 0 Å². The van der Waals surface area contributed by atoms with Crippen molar-refractivity contribution in [1.82, 2.24) is 20.0 Å². The van der Waals surface area contributed by atoms with Crippen LogP contribution in [0.4, 0.5) is 0 Å². The van der Waals surface area contributed by atoms with Crippen LogP contribution in [0.15, 0.2) is 0 Å². The van der Waals surface area contributed by atoms with Gasteiger partial charge in [0.2, 0.25) is 0 Å². The Balaban J connectivity index is 1.30. The molecule has 1 N–H and O–H groups in total. The molecule has 4 rings (SSSR count). The standard InChI is InChI=1S/C15H28N4/c1-17-4-6-18(7-5-17)15-3-2-12(15)10-19-11-13-8-14(19)9-16-13/h12-16H,2-11H2,1H3. The van der Waals surface area contributed by atoms with E-state index in [0.29, 0.717) is 0 Å². The summed E-state index contributed by atoms with van der Waals surface area (Å²) in [6, 6.07) is 2.58. The minimum atomic E-state index is 0.812. The summed E-state index contributed by atoms with van der Waals surface area (Å²) in [6.07, 6.45) is 4.33. The molecule has 3 heterocycles. The fourth-order valence-corrected chi connectivity index (χ4v) is 4.57. The molecule has 4 fully saturated rings. The fourth-order valence-electron chi connectivity index (χ4n) is 4.57. The minimum absolute atomic E-state index is 0.812. The predicted molar refractivity (Wildman–Crippen MR) is 77.4 cm³/mol. The molecular weight excluding hydrogens is 236 g/mol. The Morgan fingerprint density at radius 2 is 1.95 bits per heavy atom. The molecule has 0 amide bonds. The van der Waals surface area contributed by atoms with Crippen molar-refractivity contribution in [1.29, 1.82) is 0 Å². The van der Waals surface area contributed by atoms with Crippen LogP contribution in [0.3, 0.4) is 0 Å². The van der Waals surface area contributed by atoms with Crippen molar-refractivity contribution in [3.63, 3.8) is 0 Å². The van der Waals surface area contributed by atoms with Crippen LogP contribution >= 0.6 is 0 Å². The lowest BCUT2D eigenvalue weighted by Crippen LogP contribution is -2.57. The Bertz CT molecular complexity index is 326. The molecule has 4 atom stereocenters. The van der Waals surface area contributed by atoms with Gasteiger partial charge in [-0.25, -0.2) is 0 Å². The highest BCUT2D eigenvalue weighted by Gasteiger charge is 2.42. The van der Waals surface area contributed by atoms with Crippen LogP contribution in [0.5, 0.6) is 0 Å². The fraction of sp³-hybridized carbons (Fsp3) is 1.00. The predicted octanol–water partition coefficient (Wildman–Crippen LogP) is 0.0585. The van der Waals surface area contributed by atoms with Gasteiger partial charge < -0.3 is 10.2 Å². The van der Waals surface area contributed by atoms with Gasteiger partial charge in [0.15, 0.2) is 0 Å². The van der Waals surface area contributed by atoms with E-state index in [-0.39, 0.29) is 0 Å². The zero-order chi connectivity index (χ0) is 12.8. The van der Waals surface area contributed by atoms with E-state index < -0.39 is 0 Å². The zero-order valence-electron chi connectivity index (χ0n) is 12.2. The van der Waals surface area contributed by atoms with Crippen molar-refractivity contribution in [2.45, 2.75) is 37.4 Å². The molecule has 1 aliphatic carbocycles. The first-order chi connectivity index (χ1) is 9.29. The molecule has 0 spiro atoms. The number of hydrogen-bond donors (Lipinski definition) is 1. The second kappa shape index (κ2) is 4.99. The molecule has 4 heteroatoms. The van der Waals surface area contributed by atoms with E-state index in [9.17, 15) is 0 Å². The van der Waals surface area contributed by atoms with Gasteiger partial charge in [-0.15, -0.1) is 0 Å². The van der Waals surface area contributed by atoms with E-state index in [1.165, 1.54) is 65.1 Å². The second-order valence-corrected chi connectivity index (χ2v) is 7.19. The molecular formula is C15H28N4. The summed E-state index contributed by atoms with van der Waals surface area (Å²) in [4.78, 5) is 8.03. The smallest absolute Gasteiger partial charge is 0.0236 e. The number of piperazine rings is 2. The molecule has 3 aliphatic heterocycles.